The highest BCUT2D eigenvalue weighted by atomic mass is 32.1. The third kappa shape index (κ3) is 4.94. The Balaban J connectivity index is 1.38. The molecule has 2 N–H and O–H groups in total. The number of nitrogens with zero attached hydrogens (tertiary/aromatic N) is 2. The normalized spacial score (nSPS) is 23.1. The quantitative estimate of drug-likeness (QED) is 0.511. The average Bonchev–Trinajstić information content (AvgIpc) is 3.38. The maximum atomic E-state index is 12.7. The molecule has 188 valence electrons. The van der Waals surface area contributed by atoms with Gasteiger partial charge in [-0.2, -0.15) is 0 Å². The lowest BCUT2D eigenvalue weighted by Crippen LogP contribution is -2.52. The fourth-order valence-electron chi connectivity index (χ4n) is 4.62. The fraction of sp³-hybridized carbons (Fsp3) is 0.370. The molecule has 0 unspecified atom stereocenters. The third-order valence-electron chi connectivity index (χ3n) is 6.64. The summed E-state index contributed by atoms with van der Waals surface area (Å²) in [6.07, 6.45) is 0.903. The lowest BCUT2D eigenvalue weighted by Gasteiger charge is -2.44. The predicted molar refractivity (Wildman–Crippen MR) is 140 cm³/mol. The van der Waals surface area contributed by atoms with Crippen molar-refractivity contribution < 1.29 is 19.0 Å². The highest BCUT2D eigenvalue weighted by Crippen LogP contribution is 2.45. The molecule has 2 aliphatic heterocycles. The summed E-state index contributed by atoms with van der Waals surface area (Å²) in [5, 5.41) is 9.07. The molecule has 5 rings (SSSR count). The highest BCUT2D eigenvalue weighted by molar-refractivity contribution is 7.10. The van der Waals surface area contributed by atoms with Crippen molar-refractivity contribution in [2.45, 2.75) is 38.5 Å². The number of carbonyl (C=O) groups is 1. The number of aromatic nitrogens is 1. The Morgan fingerprint density at radius 2 is 2.08 bits per heavy atom. The smallest absolute Gasteiger partial charge is 0.292 e. The number of hydrogen-bond donors (Lipinski definition) is 2. The number of ether oxygens (including phenoxy) is 3. The van der Waals surface area contributed by atoms with E-state index in [4.69, 9.17) is 24.2 Å². The molecule has 0 radical (unpaired) electrons. The lowest BCUT2D eigenvalue weighted by molar-refractivity contribution is -0.0739. The van der Waals surface area contributed by atoms with Gasteiger partial charge in [0.05, 0.1) is 26.4 Å². The first kappa shape index (κ1) is 24.3. The van der Waals surface area contributed by atoms with Crippen LogP contribution in [0.3, 0.4) is 0 Å². The molecule has 3 atom stereocenters. The molecule has 1 saturated heterocycles. The van der Waals surface area contributed by atoms with Crippen LogP contribution >= 0.6 is 11.3 Å². The second kappa shape index (κ2) is 10.3. The van der Waals surface area contributed by atoms with Gasteiger partial charge in [0.25, 0.3) is 11.9 Å². The van der Waals surface area contributed by atoms with Gasteiger partial charge in [-0.15, -0.1) is 11.3 Å². The molecule has 0 aliphatic carbocycles. The number of benzene rings is 2. The van der Waals surface area contributed by atoms with Gasteiger partial charge in [0, 0.05) is 29.0 Å². The van der Waals surface area contributed by atoms with Crippen LogP contribution in [0, 0.1) is 12.8 Å². The van der Waals surface area contributed by atoms with Crippen molar-refractivity contribution in [1.29, 1.82) is 0 Å². The number of hydrogen-bond acceptors (Lipinski definition) is 8. The van der Waals surface area contributed by atoms with Gasteiger partial charge in [0.2, 0.25) is 0 Å². The van der Waals surface area contributed by atoms with Crippen LogP contribution in [-0.2, 0) is 21.6 Å². The minimum atomic E-state index is -0.712. The first-order valence-electron chi connectivity index (χ1n) is 12.0. The van der Waals surface area contributed by atoms with Crippen LogP contribution in [0.15, 0.2) is 58.9 Å². The number of methoxy groups -OCH3 is 1. The highest BCUT2D eigenvalue weighted by Gasteiger charge is 2.50. The molecule has 2 aromatic carbocycles. The number of amidine groups is 1. The summed E-state index contributed by atoms with van der Waals surface area (Å²) in [6.45, 7) is 5.50. The molecule has 3 aromatic rings. The number of amides is 1. The van der Waals surface area contributed by atoms with Crippen LogP contribution in [0.25, 0.3) is 0 Å². The molecule has 1 aromatic heterocycles. The largest absolute Gasteiger partial charge is 0.496 e. The van der Waals surface area contributed by atoms with Crippen molar-refractivity contribution in [2.24, 2.45) is 10.9 Å². The van der Waals surface area contributed by atoms with Gasteiger partial charge in [0.1, 0.15) is 22.1 Å². The Labute approximate surface area is 214 Å². The van der Waals surface area contributed by atoms with Gasteiger partial charge in [-0.25, -0.2) is 9.98 Å². The molecule has 36 heavy (non-hydrogen) atoms. The zero-order valence-corrected chi connectivity index (χ0v) is 21.4. The minimum absolute atomic E-state index is 0.0924. The van der Waals surface area contributed by atoms with Gasteiger partial charge in [0.15, 0.2) is 0 Å². The first-order chi connectivity index (χ1) is 17.5. The number of anilines is 1. The number of thiazole rings is 1. The van der Waals surface area contributed by atoms with Crippen LogP contribution in [0.1, 0.15) is 39.8 Å². The fourth-order valence-corrected chi connectivity index (χ4v) is 5.60. The Bertz CT molecular complexity index is 1260. The second-order valence-corrected chi connectivity index (χ2v) is 10.1. The number of aliphatic imine (C=N–C) groups is 1. The molecule has 0 spiro atoms. The Hall–Kier alpha value is -3.43. The minimum Gasteiger partial charge on any atom is -0.496 e. The maximum absolute atomic E-state index is 12.7. The van der Waals surface area contributed by atoms with Crippen molar-refractivity contribution in [3.05, 3.63) is 75.6 Å². The van der Waals surface area contributed by atoms with Gasteiger partial charge in [-0.1, -0.05) is 30.3 Å². The molecule has 0 bridgehead atoms. The lowest BCUT2D eigenvalue weighted by atomic mass is 9.79. The maximum Gasteiger partial charge on any atom is 0.292 e. The van der Waals surface area contributed by atoms with E-state index in [0.29, 0.717) is 25.3 Å². The molecule has 0 saturated carbocycles. The van der Waals surface area contributed by atoms with Crippen molar-refractivity contribution in [2.75, 3.05) is 25.6 Å². The summed E-state index contributed by atoms with van der Waals surface area (Å²) in [5.74, 6) is 1.44. The van der Waals surface area contributed by atoms with Gasteiger partial charge in [-0.3, -0.25) is 10.1 Å². The van der Waals surface area contributed by atoms with Crippen LogP contribution in [0.2, 0.25) is 0 Å². The van der Waals surface area contributed by atoms with Gasteiger partial charge >= 0.3 is 0 Å². The number of aryl methyl sites for hydroxylation is 1. The van der Waals surface area contributed by atoms with E-state index in [1.165, 1.54) is 11.3 Å². The van der Waals surface area contributed by atoms with E-state index in [2.05, 4.69) is 29.7 Å². The standard InChI is InChI=1S/C27H30N4O4S/c1-17-9-10-20(22(11-17)33-3)13-28-23-15-36-25(29-23)27-16-35-18(2)12-21(27)14-34-26(31-27)30-24(32)19-7-5-4-6-8-19/h4-11,15,18,21,28H,12-14,16H2,1-3H3,(H,30,31,32)/t18-,21-,27-/m0/s1. The predicted octanol–water partition coefficient (Wildman–Crippen LogP) is 4.51. The van der Waals surface area contributed by atoms with Crippen LogP contribution in [0.4, 0.5) is 5.82 Å². The summed E-state index contributed by atoms with van der Waals surface area (Å²) >= 11 is 1.54. The number of fused-ring (bicyclic) bond motifs is 1. The van der Waals surface area contributed by atoms with E-state index in [1.807, 2.05) is 36.6 Å². The number of nitrogens with one attached hydrogen (secondary N) is 2. The average molecular weight is 507 g/mol. The summed E-state index contributed by atoms with van der Waals surface area (Å²) in [7, 11) is 1.68. The molecule has 9 heteroatoms. The van der Waals surface area contributed by atoms with Crippen LogP contribution in [-0.4, -0.2) is 43.3 Å². The summed E-state index contributed by atoms with van der Waals surface area (Å²) < 4.78 is 17.5. The van der Waals surface area contributed by atoms with E-state index in [0.717, 1.165) is 34.1 Å². The zero-order valence-electron chi connectivity index (χ0n) is 20.6. The van der Waals surface area contributed by atoms with E-state index in [-0.39, 0.29) is 24.0 Å². The zero-order chi connectivity index (χ0) is 25.1. The summed E-state index contributed by atoms with van der Waals surface area (Å²) in [5.41, 5.74) is 2.03. The second-order valence-electron chi connectivity index (χ2n) is 9.23. The molecule has 1 fully saturated rings. The van der Waals surface area contributed by atoms with E-state index in [1.54, 1.807) is 19.2 Å². The molecule has 1 amide bonds. The Kier molecular flexibility index (Phi) is 6.93. The topological polar surface area (TPSA) is 94.1 Å². The molecule has 3 heterocycles. The van der Waals surface area contributed by atoms with Crippen molar-refractivity contribution in [3.63, 3.8) is 0 Å². The van der Waals surface area contributed by atoms with Crippen molar-refractivity contribution in [3.8, 4) is 5.75 Å². The molecule has 2 aliphatic rings. The van der Waals surface area contributed by atoms with Gasteiger partial charge in [-0.05, 0) is 44.0 Å². The number of carbonyl (C=O) groups excluding carboxylic acids is 1. The summed E-state index contributed by atoms with van der Waals surface area (Å²) in [4.78, 5) is 22.5. The first-order valence-corrected chi connectivity index (χ1v) is 12.9. The Morgan fingerprint density at radius 3 is 2.89 bits per heavy atom. The van der Waals surface area contributed by atoms with Crippen LogP contribution < -0.4 is 15.4 Å². The van der Waals surface area contributed by atoms with E-state index in [9.17, 15) is 4.79 Å². The summed E-state index contributed by atoms with van der Waals surface area (Å²) in [6, 6.07) is 15.4. The monoisotopic (exact) mass is 506 g/mol. The molecular weight excluding hydrogens is 476 g/mol. The molecular formula is C27H30N4O4S. The van der Waals surface area contributed by atoms with Crippen LogP contribution in [0.5, 0.6) is 5.75 Å². The van der Waals surface area contributed by atoms with Crippen molar-refractivity contribution in [1.82, 2.24) is 10.3 Å². The SMILES string of the molecule is COc1cc(C)ccc1CNc1csc([C@]23CO[C@@H](C)C[C@H]2COC(NC(=O)c2ccccc2)=N3)n1. The molecule has 8 nitrogen and oxygen atoms in total. The van der Waals surface area contributed by atoms with Crippen molar-refractivity contribution >= 4 is 29.1 Å². The van der Waals surface area contributed by atoms with E-state index < -0.39 is 5.54 Å². The third-order valence-corrected chi connectivity index (χ3v) is 7.64. The Morgan fingerprint density at radius 1 is 1.25 bits per heavy atom. The number of rotatable bonds is 6. The van der Waals surface area contributed by atoms with E-state index >= 15 is 0 Å². The van der Waals surface area contributed by atoms with Gasteiger partial charge < -0.3 is 19.5 Å².